The SMILES string of the molecule is CCCOc1ccccc1C(=O)NNC(=S)NC(=O)CCC(=O)OCC. The van der Waals surface area contributed by atoms with Gasteiger partial charge in [0.25, 0.3) is 5.91 Å². The minimum Gasteiger partial charge on any atom is -0.493 e. The van der Waals surface area contributed by atoms with Gasteiger partial charge in [-0.3, -0.25) is 25.2 Å². The van der Waals surface area contributed by atoms with Crippen LogP contribution in [-0.2, 0) is 14.3 Å². The van der Waals surface area contributed by atoms with Crippen LogP contribution in [0.3, 0.4) is 0 Å². The van der Waals surface area contributed by atoms with Gasteiger partial charge in [-0.05, 0) is 37.7 Å². The second-order valence-corrected chi connectivity index (χ2v) is 5.51. The van der Waals surface area contributed by atoms with Crippen LogP contribution in [-0.4, -0.2) is 36.1 Å². The molecule has 8 nitrogen and oxygen atoms in total. The Labute approximate surface area is 157 Å². The Bertz CT molecular complexity index is 651. The number of benzene rings is 1. The van der Waals surface area contributed by atoms with Crippen LogP contribution < -0.4 is 20.9 Å². The summed E-state index contributed by atoms with van der Waals surface area (Å²) in [7, 11) is 0. The van der Waals surface area contributed by atoms with Crippen LogP contribution in [0.1, 0.15) is 43.5 Å². The van der Waals surface area contributed by atoms with E-state index in [1.54, 1.807) is 31.2 Å². The second-order valence-electron chi connectivity index (χ2n) is 5.11. The number of amides is 2. The summed E-state index contributed by atoms with van der Waals surface area (Å²) in [5.41, 5.74) is 5.16. The lowest BCUT2D eigenvalue weighted by molar-refractivity contribution is -0.144. The fourth-order valence-electron chi connectivity index (χ4n) is 1.84. The van der Waals surface area contributed by atoms with Gasteiger partial charge in [-0.2, -0.15) is 0 Å². The second kappa shape index (κ2) is 11.8. The number of thiocarbonyl (C=S) groups is 1. The Morgan fingerprint density at radius 2 is 1.81 bits per heavy atom. The average molecular weight is 381 g/mol. The van der Waals surface area contributed by atoms with Gasteiger partial charge in [0.2, 0.25) is 5.91 Å². The largest absolute Gasteiger partial charge is 0.493 e. The lowest BCUT2D eigenvalue weighted by atomic mass is 10.2. The van der Waals surface area contributed by atoms with Gasteiger partial charge in [0.05, 0.1) is 25.2 Å². The van der Waals surface area contributed by atoms with Gasteiger partial charge in [0, 0.05) is 6.42 Å². The molecular formula is C17H23N3O5S. The molecule has 142 valence electrons. The minimum absolute atomic E-state index is 0.0449. The number of nitrogens with one attached hydrogen (secondary N) is 3. The molecule has 0 fully saturated rings. The molecule has 26 heavy (non-hydrogen) atoms. The number of carbonyl (C=O) groups excluding carboxylic acids is 3. The molecule has 9 heteroatoms. The van der Waals surface area contributed by atoms with Crippen molar-refractivity contribution in [3.63, 3.8) is 0 Å². The first-order chi connectivity index (χ1) is 12.5. The molecule has 0 aliphatic carbocycles. The monoisotopic (exact) mass is 381 g/mol. The Balaban J connectivity index is 2.44. The van der Waals surface area contributed by atoms with E-state index in [-0.39, 0.29) is 24.6 Å². The van der Waals surface area contributed by atoms with E-state index in [2.05, 4.69) is 16.2 Å². The summed E-state index contributed by atoms with van der Waals surface area (Å²) in [6.07, 6.45) is 0.704. The number of hydrogen-bond donors (Lipinski definition) is 3. The maximum Gasteiger partial charge on any atom is 0.306 e. The van der Waals surface area contributed by atoms with Crippen LogP contribution in [0.4, 0.5) is 0 Å². The van der Waals surface area contributed by atoms with E-state index < -0.39 is 17.8 Å². The molecule has 0 unspecified atom stereocenters. The third kappa shape index (κ3) is 7.93. The van der Waals surface area contributed by atoms with Gasteiger partial charge >= 0.3 is 5.97 Å². The van der Waals surface area contributed by atoms with Crippen molar-refractivity contribution in [1.82, 2.24) is 16.2 Å². The minimum atomic E-state index is -0.462. The Morgan fingerprint density at radius 1 is 1.08 bits per heavy atom. The van der Waals surface area contributed by atoms with Crippen LogP contribution in [0.2, 0.25) is 0 Å². The normalized spacial score (nSPS) is 9.77. The Hall–Kier alpha value is -2.68. The first-order valence-electron chi connectivity index (χ1n) is 8.25. The molecule has 1 aromatic carbocycles. The molecule has 3 N–H and O–H groups in total. The number of para-hydroxylation sites is 1. The zero-order valence-electron chi connectivity index (χ0n) is 14.8. The highest BCUT2D eigenvalue weighted by Crippen LogP contribution is 2.17. The number of esters is 1. The molecule has 0 aromatic heterocycles. The van der Waals surface area contributed by atoms with Crippen molar-refractivity contribution in [2.24, 2.45) is 0 Å². The van der Waals surface area contributed by atoms with Crippen molar-refractivity contribution in [2.45, 2.75) is 33.1 Å². The van der Waals surface area contributed by atoms with Crippen LogP contribution in [0.5, 0.6) is 5.75 Å². The van der Waals surface area contributed by atoms with Gasteiger partial charge in [-0.15, -0.1) is 0 Å². The molecule has 2 amide bonds. The topological polar surface area (TPSA) is 106 Å². The summed E-state index contributed by atoms with van der Waals surface area (Å²) in [6.45, 7) is 4.40. The van der Waals surface area contributed by atoms with E-state index in [0.29, 0.717) is 17.9 Å². The summed E-state index contributed by atoms with van der Waals surface area (Å²) in [5.74, 6) is -0.923. The van der Waals surface area contributed by atoms with E-state index in [4.69, 9.17) is 21.7 Å². The molecule has 0 saturated heterocycles. The Morgan fingerprint density at radius 3 is 2.50 bits per heavy atom. The highest BCUT2D eigenvalue weighted by Gasteiger charge is 2.13. The van der Waals surface area contributed by atoms with Crippen molar-refractivity contribution in [3.8, 4) is 5.75 Å². The van der Waals surface area contributed by atoms with Crippen LogP contribution >= 0.6 is 12.2 Å². The van der Waals surface area contributed by atoms with Gasteiger partial charge in [-0.1, -0.05) is 19.1 Å². The van der Waals surface area contributed by atoms with Crippen LogP contribution in [0.15, 0.2) is 24.3 Å². The van der Waals surface area contributed by atoms with Gasteiger partial charge in [-0.25, -0.2) is 0 Å². The summed E-state index contributed by atoms with van der Waals surface area (Å²) < 4.78 is 10.2. The summed E-state index contributed by atoms with van der Waals surface area (Å²) in [5, 5.41) is 2.28. The summed E-state index contributed by atoms with van der Waals surface area (Å²) in [6, 6.07) is 6.79. The van der Waals surface area contributed by atoms with Gasteiger partial charge in [0.1, 0.15) is 5.75 Å². The molecule has 0 atom stereocenters. The van der Waals surface area contributed by atoms with E-state index in [1.807, 2.05) is 6.92 Å². The van der Waals surface area contributed by atoms with Crippen molar-refractivity contribution >= 4 is 35.1 Å². The quantitative estimate of drug-likeness (QED) is 0.356. The van der Waals surface area contributed by atoms with Crippen molar-refractivity contribution in [3.05, 3.63) is 29.8 Å². The molecule has 1 aromatic rings. The molecule has 0 saturated carbocycles. The average Bonchev–Trinajstić information content (AvgIpc) is 2.63. The molecule has 0 spiro atoms. The molecule has 0 bridgehead atoms. The molecule has 0 radical (unpaired) electrons. The fraction of sp³-hybridized carbons (Fsp3) is 0.412. The third-order valence-electron chi connectivity index (χ3n) is 3.00. The van der Waals surface area contributed by atoms with E-state index in [1.165, 1.54) is 0 Å². The first-order valence-corrected chi connectivity index (χ1v) is 8.66. The number of ether oxygens (including phenoxy) is 2. The third-order valence-corrected chi connectivity index (χ3v) is 3.20. The number of hydrogen-bond acceptors (Lipinski definition) is 6. The zero-order valence-corrected chi connectivity index (χ0v) is 15.6. The van der Waals surface area contributed by atoms with Crippen molar-refractivity contribution in [1.29, 1.82) is 0 Å². The van der Waals surface area contributed by atoms with E-state index in [9.17, 15) is 14.4 Å². The number of carbonyl (C=O) groups is 3. The van der Waals surface area contributed by atoms with Crippen LogP contribution in [0.25, 0.3) is 0 Å². The maximum atomic E-state index is 12.2. The predicted octanol–water partition coefficient (Wildman–Crippen LogP) is 1.45. The molecule has 0 aliphatic rings. The fourth-order valence-corrected chi connectivity index (χ4v) is 2.01. The van der Waals surface area contributed by atoms with E-state index >= 15 is 0 Å². The zero-order chi connectivity index (χ0) is 19.4. The summed E-state index contributed by atoms with van der Waals surface area (Å²) in [4.78, 5) is 35.1. The standard InChI is InChI=1S/C17H23N3O5S/c1-3-11-25-13-8-6-5-7-12(13)16(23)19-20-17(26)18-14(21)9-10-15(22)24-4-2/h5-8H,3-4,9-11H2,1-2H3,(H,19,23)(H2,18,20,21,26). The Kier molecular flexibility index (Phi) is 9.70. The number of rotatable bonds is 8. The van der Waals surface area contributed by atoms with Crippen molar-refractivity contribution in [2.75, 3.05) is 13.2 Å². The predicted molar refractivity (Wildman–Crippen MR) is 99.4 cm³/mol. The first kappa shape index (κ1) is 21.4. The highest BCUT2D eigenvalue weighted by atomic mass is 32.1. The number of hydrazine groups is 1. The summed E-state index contributed by atoms with van der Waals surface area (Å²) >= 11 is 4.93. The van der Waals surface area contributed by atoms with Crippen LogP contribution in [0, 0.1) is 0 Å². The lowest BCUT2D eigenvalue weighted by Crippen LogP contribution is -2.48. The van der Waals surface area contributed by atoms with Gasteiger partial charge < -0.3 is 14.8 Å². The molecule has 1 rings (SSSR count). The molecular weight excluding hydrogens is 358 g/mol. The van der Waals surface area contributed by atoms with Gasteiger partial charge in [0.15, 0.2) is 5.11 Å². The van der Waals surface area contributed by atoms with E-state index in [0.717, 1.165) is 6.42 Å². The lowest BCUT2D eigenvalue weighted by Gasteiger charge is -2.13. The smallest absolute Gasteiger partial charge is 0.306 e. The molecule has 0 heterocycles. The highest BCUT2D eigenvalue weighted by molar-refractivity contribution is 7.80. The molecule has 0 aliphatic heterocycles. The van der Waals surface area contributed by atoms with Crippen molar-refractivity contribution < 1.29 is 23.9 Å². The maximum absolute atomic E-state index is 12.2.